The standard InChI is InChI=1S/C16H22N2O4/c1-4-9-17-15(19)11-18-16(20)12-7-8-13(21-5-2)14(10-12)22-6-3/h4,7-8,10H,1,5-6,9,11H2,2-3H3,(H,17,19)(H,18,20). The molecule has 0 aliphatic carbocycles. The molecular formula is C16H22N2O4. The van der Waals surface area contributed by atoms with E-state index in [1.54, 1.807) is 24.3 Å². The molecule has 0 unspecified atom stereocenters. The molecule has 1 aromatic carbocycles. The van der Waals surface area contributed by atoms with Gasteiger partial charge in [-0.15, -0.1) is 6.58 Å². The molecule has 6 heteroatoms. The molecule has 6 nitrogen and oxygen atoms in total. The first-order valence-corrected chi connectivity index (χ1v) is 7.17. The second kappa shape index (κ2) is 9.44. The van der Waals surface area contributed by atoms with Crippen molar-refractivity contribution in [2.45, 2.75) is 13.8 Å². The van der Waals surface area contributed by atoms with Gasteiger partial charge in [0.15, 0.2) is 11.5 Å². The summed E-state index contributed by atoms with van der Waals surface area (Å²) in [6, 6.07) is 4.91. The van der Waals surface area contributed by atoms with Crippen LogP contribution in [-0.2, 0) is 4.79 Å². The molecule has 0 radical (unpaired) electrons. The Balaban J connectivity index is 2.70. The molecule has 120 valence electrons. The fourth-order valence-electron chi connectivity index (χ4n) is 1.70. The van der Waals surface area contributed by atoms with Gasteiger partial charge in [-0.05, 0) is 32.0 Å². The predicted octanol–water partition coefficient (Wildman–Crippen LogP) is 1.52. The SMILES string of the molecule is C=CCNC(=O)CNC(=O)c1ccc(OCC)c(OCC)c1. The fourth-order valence-corrected chi connectivity index (χ4v) is 1.70. The summed E-state index contributed by atoms with van der Waals surface area (Å²) in [5, 5.41) is 5.13. The van der Waals surface area contributed by atoms with Gasteiger partial charge in [0.1, 0.15) is 0 Å². The zero-order chi connectivity index (χ0) is 16.4. The molecule has 0 aliphatic rings. The third-order valence-electron chi connectivity index (χ3n) is 2.66. The van der Waals surface area contributed by atoms with Gasteiger partial charge < -0.3 is 20.1 Å². The number of benzene rings is 1. The number of nitrogens with one attached hydrogen (secondary N) is 2. The lowest BCUT2D eigenvalue weighted by molar-refractivity contribution is -0.119. The van der Waals surface area contributed by atoms with Gasteiger partial charge in [-0.1, -0.05) is 6.08 Å². The van der Waals surface area contributed by atoms with Gasteiger partial charge in [0, 0.05) is 12.1 Å². The quantitative estimate of drug-likeness (QED) is 0.678. The Hall–Kier alpha value is -2.50. The zero-order valence-electron chi connectivity index (χ0n) is 13.0. The monoisotopic (exact) mass is 306 g/mol. The van der Waals surface area contributed by atoms with Gasteiger partial charge in [0.25, 0.3) is 5.91 Å². The van der Waals surface area contributed by atoms with Crippen molar-refractivity contribution in [3.05, 3.63) is 36.4 Å². The minimum atomic E-state index is -0.349. The highest BCUT2D eigenvalue weighted by atomic mass is 16.5. The van der Waals surface area contributed by atoms with Crippen LogP contribution in [0.15, 0.2) is 30.9 Å². The molecule has 0 saturated heterocycles. The van der Waals surface area contributed by atoms with Crippen molar-refractivity contribution in [1.29, 1.82) is 0 Å². The maximum absolute atomic E-state index is 12.0. The van der Waals surface area contributed by atoms with Crippen molar-refractivity contribution in [3.63, 3.8) is 0 Å². The summed E-state index contributed by atoms with van der Waals surface area (Å²) in [4.78, 5) is 23.5. The Morgan fingerprint density at radius 1 is 1.14 bits per heavy atom. The molecule has 1 aromatic rings. The van der Waals surface area contributed by atoms with Gasteiger partial charge in [0.05, 0.1) is 19.8 Å². The summed E-state index contributed by atoms with van der Waals surface area (Å²) in [7, 11) is 0. The Labute approximate surface area is 130 Å². The van der Waals surface area contributed by atoms with E-state index in [9.17, 15) is 9.59 Å². The third kappa shape index (κ3) is 5.47. The molecule has 0 bridgehead atoms. The fraction of sp³-hybridized carbons (Fsp3) is 0.375. The van der Waals surface area contributed by atoms with E-state index in [-0.39, 0.29) is 18.4 Å². The summed E-state index contributed by atoms with van der Waals surface area (Å²) in [5.41, 5.74) is 0.406. The van der Waals surface area contributed by atoms with Crippen LogP contribution in [0.1, 0.15) is 24.2 Å². The van der Waals surface area contributed by atoms with E-state index in [0.717, 1.165) is 0 Å². The van der Waals surface area contributed by atoms with E-state index in [0.29, 0.717) is 36.8 Å². The van der Waals surface area contributed by atoms with Crippen molar-refractivity contribution in [3.8, 4) is 11.5 Å². The molecule has 0 spiro atoms. The van der Waals surface area contributed by atoms with Crippen molar-refractivity contribution < 1.29 is 19.1 Å². The Morgan fingerprint density at radius 2 is 1.82 bits per heavy atom. The molecular weight excluding hydrogens is 284 g/mol. The van der Waals surface area contributed by atoms with Crippen molar-refractivity contribution >= 4 is 11.8 Å². The van der Waals surface area contributed by atoms with Gasteiger partial charge in [-0.25, -0.2) is 0 Å². The van der Waals surface area contributed by atoms with Crippen molar-refractivity contribution in [1.82, 2.24) is 10.6 Å². The Morgan fingerprint density at radius 3 is 2.45 bits per heavy atom. The molecule has 2 amide bonds. The van der Waals surface area contributed by atoms with Crippen LogP contribution in [0.3, 0.4) is 0 Å². The van der Waals surface area contributed by atoms with Crippen LogP contribution in [0.4, 0.5) is 0 Å². The maximum Gasteiger partial charge on any atom is 0.251 e. The zero-order valence-corrected chi connectivity index (χ0v) is 13.0. The van der Waals surface area contributed by atoms with Gasteiger partial charge in [-0.3, -0.25) is 9.59 Å². The van der Waals surface area contributed by atoms with E-state index >= 15 is 0 Å². The van der Waals surface area contributed by atoms with E-state index in [2.05, 4.69) is 17.2 Å². The van der Waals surface area contributed by atoms with E-state index < -0.39 is 0 Å². The lowest BCUT2D eigenvalue weighted by Crippen LogP contribution is -2.36. The van der Waals surface area contributed by atoms with Crippen molar-refractivity contribution in [2.75, 3.05) is 26.3 Å². The van der Waals surface area contributed by atoms with Gasteiger partial charge >= 0.3 is 0 Å². The van der Waals surface area contributed by atoms with Crippen LogP contribution in [0.2, 0.25) is 0 Å². The number of carbonyl (C=O) groups excluding carboxylic acids is 2. The molecule has 0 atom stereocenters. The van der Waals surface area contributed by atoms with E-state index in [4.69, 9.17) is 9.47 Å². The van der Waals surface area contributed by atoms with Crippen LogP contribution < -0.4 is 20.1 Å². The Kier molecular flexibility index (Phi) is 7.53. The highest BCUT2D eigenvalue weighted by molar-refractivity contribution is 5.97. The topological polar surface area (TPSA) is 76.7 Å². The summed E-state index contributed by atoms with van der Waals surface area (Å²) in [5.74, 6) is 0.472. The number of ether oxygens (including phenoxy) is 2. The number of rotatable bonds is 9. The van der Waals surface area contributed by atoms with Crippen molar-refractivity contribution in [2.24, 2.45) is 0 Å². The van der Waals surface area contributed by atoms with Crippen LogP contribution >= 0.6 is 0 Å². The molecule has 0 aromatic heterocycles. The molecule has 2 N–H and O–H groups in total. The van der Waals surface area contributed by atoms with Gasteiger partial charge in [0.2, 0.25) is 5.91 Å². The number of amides is 2. The molecule has 22 heavy (non-hydrogen) atoms. The lowest BCUT2D eigenvalue weighted by Gasteiger charge is -2.12. The molecule has 0 fully saturated rings. The minimum Gasteiger partial charge on any atom is -0.490 e. The first-order chi connectivity index (χ1) is 10.6. The van der Waals surface area contributed by atoms with E-state index in [1.807, 2.05) is 13.8 Å². The third-order valence-corrected chi connectivity index (χ3v) is 2.66. The second-order valence-electron chi connectivity index (χ2n) is 4.30. The maximum atomic E-state index is 12.0. The first-order valence-electron chi connectivity index (χ1n) is 7.17. The lowest BCUT2D eigenvalue weighted by atomic mass is 10.2. The normalized spacial score (nSPS) is 9.73. The van der Waals surface area contributed by atoms with E-state index in [1.165, 1.54) is 0 Å². The largest absolute Gasteiger partial charge is 0.490 e. The minimum absolute atomic E-state index is 0.0934. The first kappa shape index (κ1) is 17.6. The van der Waals surface area contributed by atoms with Gasteiger partial charge in [-0.2, -0.15) is 0 Å². The Bertz CT molecular complexity index is 529. The number of carbonyl (C=O) groups is 2. The number of hydrogen-bond acceptors (Lipinski definition) is 4. The molecule has 1 rings (SSSR count). The number of hydrogen-bond donors (Lipinski definition) is 2. The molecule has 0 aliphatic heterocycles. The molecule has 0 saturated carbocycles. The highest BCUT2D eigenvalue weighted by Crippen LogP contribution is 2.28. The smallest absolute Gasteiger partial charge is 0.251 e. The van der Waals surface area contributed by atoms with Crippen LogP contribution in [0.5, 0.6) is 11.5 Å². The summed E-state index contributed by atoms with van der Waals surface area (Å²) >= 11 is 0. The predicted molar refractivity (Wildman–Crippen MR) is 84.3 cm³/mol. The summed E-state index contributed by atoms with van der Waals surface area (Å²) in [6.45, 7) is 8.48. The second-order valence-corrected chi connectivity index (χ2v) is 4.30. The van der Waals surface area contributed by atoms with Crippen LogP contribution in [-0.4, -0.2) is 38.1 Å². The average Bonchev–Trinajstić information content (AvgIpc) is 2.52. The summed E-state index contributed by atoms with van der Waals surface area (Å²) < 4.78 is 10.9. The molecule has 0 heterocycles. The van der Waals surface area contributed by atoms with Crippen LogP contribution in [0, 0.1) is 0 Å². The average molecular weight is 306 g/mol. The highest BCUT2D eigenvalue weighted by Gasteiger charge is 2.12. The van der Waals surface area contributed by atoms with Crippen LogP contribution in [0.25, 0.3) is 0 Å². The summed E-state index contributed by atoms with van der Waals surface area (Å²) in [6.07, 6.45) is 1.57.